The molecule has 0 rings (SSSR count). The van der Waals surface area contributed by atoms with E-state index < -0.39 is 0 Å². The largest absolute Gasteiger partial charge is 0.376 e. The van der Waals surface area contributed by atoms with Crippen LogP contribution in [0.25, 0.3) is 0 Å². The first-order valence-corrected chi connectivity index (χ1v) is 7.01. The van der Waals surface area contributed by atoms with Crippen molar-refractivity contribution in [1.82, 2.24) is 0 Å². The number of hydrogen-bond donors (Lipinski definition) is 0. The Bertz CT molecular complexity index is 275. The van der Waals surface area contributed by atoms with Crippen molar-refractivity contribution in [3.63, 3.8) is 0 Å². The molecule has 0 aromatic rings. The van der Waals surface area contributed by atoms with Crippen LogP contribution in [0.4, 0.5) is 0 Å². The van der Waals surface area contributed by atoms with Gasteiger partial charge in [0.05, 0.1) is 11.3 Å². The number of carbonyl (C=O) groups is 1. The van der Waals surface area contributed by atoms with Crippen molar-refractivity contribution in [2.24, 2.45) is 10.8 Å². The summed E-state index contributed by atoms with van der Waals surface area (Å²) in [6.07, 6.45) is 2.45. The molecule has 0 aromatic carbocycles. The van der Waals surface area contributed by atoms with Gasteiger partial charge in [0.15, 0.2) is 7.85 Å². The molecule has 0 bridgehead atoms. The van der Waals surface area contributed by atoms with E-state index in [1.54, 1.807) is 7.85 Å². The van der Waals surface area contributed by atoms with Crippen molar-refractivity contribution in [2.75, 3.05) is 6.61 Å². The van der Waals surface area contributed by atoms with E-state index in [9.17, 15) is 4.79 Å². The molecule has 0 radical (unpaired) electrons. The molecule has 0 spiro atoms. The maximum absolute atomic E-state index is 11.0. The summed E-state index contributed by atoms with van der Waals surface area (Å²) in [7, 11) is 1.64. The third-order valence-electron chi connectivity index (χ3n) is 4.33. The first-order valence-electron chi connectivity index (χ1n) is 7.01. The Kier molecular flexibility index (Phi) is 6.12. The van der Waals surface area contributed by atoms with Crippen LogP contribution in [-0.2, 0) is 9.53 Å². The van der Waals surface area contributed by atoms with Gasteiger partial charge < -0.3 is 9.53 Å². The molecule has 2 nitrogen and oxygen atoms in total. The average molecular weight is 254 g/mol. The van der Waals surface area contributed by atoms with Gasteiger partial charge in [0.25, 0.3) is 0 Å². The SMILES string of the molecule is BC(=O)CCC(C)(C)OCCC(C)(C)C(C)(C)C. The lowest BCUT2D eigenvalue weighted by Gasteiger charge is -2.39. The summed E-state index contributed by atoms with van der Waals surface area (Å²) in [5, 5.41) is 0. The molecule has 0 amide bonds. The van der Waals surface area contributed by atoms with E-state index in [0.29, 0.717) is 6.42 Å². The predicted molar refractivity (Wildman–Crippen MR) is 80.7 cm³/mol. The highest BCUT2D eigenvalue weighted by molar-refractivity contribution is 6.57. The predicted octanol–water partition coefficient (Wildman–Crippen LogP) is 3.18. The molecule has 0 unspecified atom stereocenters. The van der Waals surface area contributed by atoms with Crippen molar-refractivity contribution >= 4 is 13.5 Å². The van der Waals surface area contributed by atoms with Gasteiger partial charge in [0, 0.05) is 6.61 Å². The van der Waals surface area contributed by atoms with E-state index in [2.05, 4.69) is 48.5 Å². The molecule has 106 valence electrons. The van der Waals surface area contributed by atoms with Crippen molar-refractivity contribution in [3.05, 3.63) is 0 Å². The van der Waals surface area contributed by atoms with Crippen LogP contribution >= 0.6 is 0 Å². The zero-order chi connectivity index (χ0) is 14.6. The number of carbonyl (C=O) groups excluding carboxylic acids is 1. The van der Waals surface area contributed by atoms with Gasteiger partial charge in [-0.15, -0.1) is 0 Å². The minimum Gasteiger partial charge on any atom is -0.376 e. The van der Waals surface area contributed by atoms with E-state index in [1.807, 2.05) is 0 Å². The third-order valence-corrected chi connectivity index (χ3v) is 4.33. The van der Waals surface area contributed by atoms with Crippen LogP contribution in [0.1, 0.15) is 67.7 Å². The van der Waals surface area contributed by atoms with Crippen LogP contribution < -0.4 is 0 Å². The normalized spacial score (nSPS) is 13.7. The highest BCUT2D eigenvalue weighted by atomic mass is 16.5. The topological polar surface area (TPSA) is 26.3 Å². The molecule has 0 saturated carbocycles. The van der Waals surface area contributed by atoms with Crippen molar-refractivity contribution in [1.29, 1.82) is 0 Å². The molecule has 0 aliphatic carbocycles. The molecular formula is C15H31BO2. The van der Waals surface area contributed by atoms with Crippen molar-refractivity contribution < 1.29 is 9.53 Å². The quantitative estimate of drug-likeness (QED) is 0.652. The Morgan fingerprint density at radius 3 is 1.89 bits per heavy atom. The lowest BCUT2D eigenvalue weighted by Crippen LogP contribution is -2.33. The minimum atomic E-state index is -0.195. The molecule has 0 fully saturated rings. The highest BCUT2D eigenvalue weighted by Crippen LogP contribution is 2.40. The van der Waals surface area contributed by atoms with Crippen molar-refractivity contribution in [2.45, 2.75) is 73.3 Å². The van der Waals surface area contributed by atoms with Gasteiger partial charge in [-0.2, -0.15) is 0 Å². The average Bonchev–Trinajstić information content (AvgIpc) is 2.12. The van der Waals surface area contributed by atoms with E-state index in [0.717, 1.165) is 19.4 Å². The summed E-state index contributed by atoms with van der Waals surface area (Å²) in [5.74, 6) is 0. The van der Waals surface area contributed by atoms with Gasteiger partial charge in [-0.05, 0) is 43.9 Å². The molecule has 18 heavy (non-hydrogen) atoms. The minimum absolute atomic E-state index is 0.195. The summed E-state index contributed by atoms with van der Waals surface area (Å²) in [6.45, 7) is 16.3. The molecule has 0 aromatic heterocycles. The summed E-state index contributed by atoms with van der Waals surface area (Å²) in [5.41, 5.74) is 0.574. The molecule has 0 aliphatic rings. The Balaban J connectivity index is 4.14. The van der Waals surface area contributed by atoms with E-state index in [4.69, 9.17) is 4.74 Å². The number of hydrogen-bond acceptors (Lipinski definition) is 2. The summed E-state index contributed by atoms with van der Waals surface area (Å²) < 4.78 is 5.96. The first-order chi connectivity index (χ1) is 7.87. The Hall–Kier alpha value is -0.305. The summed E-state index contributed by atoms with van der Waals surface area (Å²) >= 11 is 0. The molecule has 0 saturated heterocycles. The smallest absolute Gasteiger partial charge is 0.187 e. The molecule has 0 aliphatic heterocycles. The maximum Gasteiger partial charge on any atom is 0.187 e. The van der Waals surface area contributed by atoms with Gasteiger partial charge in [0.2, 0.25) is 0 Å². The second-order valence-electron chi connectivity index (χ2n) is 7.69. The Labute approximate surface area is 114 Å². The fourth-order valence-electron chi connectivity index (χ4n) is 1.51. The highest BCUT2D eigenvalue weighted by Gasteiger charge is 2.32. The third kappa shape index (κ3) is 6.58. The number of rotatable bonds is 7. The van der Waals surface area contributed by atoms with Gasteiger partial charge in [0.1, 0.15) is 0 Å². The maximum atomic E-state index is 11.0. The zero-order valence-electron chi connectivity index (χ0n) is 13.6. The molecular weight excluding hydrogens is 223 g/mol. The van der Waals surface area contributed by atoms with Gasteiger partial charge >= 0.3 is 0 Å². The summed E-state index contributed by atoms with van der Waals surface area (Å²) in [6, 6.07) is 0. The Morgan fingerprint density at radius 2 is 1.50 bits per heavy atom. The molecule has 0 atom stereocenters. The van der Waals surface area contributed by atoms with Crippen LogP contribution in [0.2, 0.25) is 0 Å². The van der Waals surface area contributed by atoms with Crippen LogP contribution in [0, 0.1) is 10.8 Å². The standard InChI is InChI=1S/C15H31BO2/c1-13(2,3)14(4,5)10-11-18-15(6,7)9-8-12(16)17/h8-11,16H2,1-7H3. The number of ether oxygens (including phenoxy) is 1. The van der Waals surface area contributed by atoms with Gasteiger partial charge in [-0.25, -0.2) is 0 Å². The molecule has 3 heteroatoms. The van der Waals surface area contributed by atoms with Gasteiger partial charge in [-0.3, -0.25) is 0 Å². The molecule has 0 heterocycles. The van der Waals surface area contributed by atoms with E-state index >= 15 is 0 Å². The van der Waals surface area contributed by atoms with Crippen molar-refractivity contribution in [3.8, 4) is 0 Å². The zero-order valence-corrected chi connectivity index (χ0v) is 13.6. The fourth-order valence-corrected chi connectivity index (χ4v) is 1.51. The van der Waals surface area contributed by atoms with E-state index in [1.165, 1.54) is 0 Å². The lowest BCUT2D eigenvalue weighted by molar-refractivity contribution is -0.113. The van der Waals surface area contributed by atoms with E-state index in [-0.39, 0.29) is 22.1 Å². The molecule has 0 N–H and O–H groups in total. The van der Waals surface area contributed by atoms with Crippen LogP contribution in [0.15, 0.2) is 0 Å². The van der Waals surface area contributed by atoms with Crippen LogP contribution in [0.3, 0.4) is 0 Å². The first kappa shape index (κ1) is 17.7. The lowest BCUT2D eigenvalue weighted by atomic mass is 9.67. The second-order valence-corrected chi connectivity index (χ2v) is 7.69. The second kappa shape index (κ2) is 6.23. The van der Waals surface area contributed by atoms with Crippen LogP contribution in [0.5, 0.6) is 0 Å². The summed E-state index contributed by atoms with van der Waals surface area (Å²) in [4.78, 5) is 11.0. The fraction of sp³-hybridized carbons (Fsp3) is 0.933. The van der Waals surface area contributed by atoms with Gasteiger partial charge in [-0.1, -0.05) is 34.6 Å². The monoisotopic (exact) mass is 254 g/mol. The Morgan fingerprint density at radius 1 is 1.00 bits per heavy atom. The van der Waals surface area contributed by atoms with Crippen LogP contribution in [-0.4, -0.2) is 25.7 Å².